The fourth-order valence-electron chi connectivity index (χ4n) is 5.95. The molecule has 0 aliphatic heterocycles. The molecule has 6 rings (SSSR count). The minimum atomic E-state index is -1.15. The van der Waals surface area contributed by atoms with Gasteiger partial charge in [-0.2, -0.15) is 0 Å². The lowest BCUT2D eigenvalue weighted by atomic mass is 9.49. The standard InChI is InChI=1S/C19H21N3O2/c23-18(24)15-1-3-16(4-2-15)22-17(11-20-21-22)19-8-12-5-13(9-19)7-14(6-12)10-19/h1-4,11-14H,5-10H2,(H,23,24)/p-1. The molecule has 24 heavy (non-hydrogen) atoms. The zero-order valence-corrected chi connectivity index (χ0v) is 13.5. The van der Waals surface area contributed by atoms with Crippen LogP contribution in [0.3, 0.4) is 0 Å². The van der Waals surface area contributed by atoms with Gasteiger partial charge in [-0.1, -0.05) is 17.3 Å². The summed E-state index contributed by atoms with van der Waals surface area (Å²) in [7, 11) is 0. The molecule has 4 saturated carbocycles. The number of rotatable bonds is 3. The van der Waals surface area contributed by atoms with Crippen LogP contribution in [0, 0.1) is 17.8 Å². The molecular weight excluding hydrogens is 302 g/mol. The number of hydrogen-bond donors (Lipinski definition) is 0. The Morgan fingerprint density at radius 1 is 1.04 bits per heavy atom. The second-order valence-electron chi connectivity index (χ2n) is 8.06. The van der Waals surface area contributed by atoms with E-state index in [0.717, 1.165) is 23.4 Å². The number of hydrogen-bond acceptors (Lipinski definition) is 4. The molecule has 0 radical (unpaired) electrons. The summed E-state index contributed by atoms with van der Waals surface area (Å²) in [4.78, 5) is 10.9. The van der Waals surface area contributed by atoms with Gasteiger partial charge in [-0.15, -0.1) is 5.10 Å². The van der Waals surface area contributed by atoms with Crippen molar-refractivity contribution in [3.63, 3.8) is 0 Å². The SMILES string of the molecule is O=C([O-])c1ccc(-n2nncc2C23CC4CC(CC(C4)C2)C3)cc1. The van der Waals surface area contributed by atoms with Gasteiger partial charge in [-0.05, 0) is 74.0 Å². The van der Waals surface area contributed by atoms with Crippen LogP contribution in [0.4, 0.5) is 0 Å². The average Bonchev–Trinajstić information content (AvgIpc) is 3.04. The zero-order chi connectivity index (χ0) is 16.3. The van der Waals surface area contributed by atoms with Crippen molar-refractivity contribution in [2.45, 2.75) is 43.9 Å². The van der Waals surface area contributed by atoms with Gasteiger partial charge in [-0.25, -0.2) is 4.68 Å². The first kappa shape index (κ1) is 14.2. The van der Waals surface area contributed by atoms with Crippen molar-refractivity contribution in [2.75, 3.05) is 0 Å². The summed E-state index contributed by atoms with van der Waals surface area (Å²) < 4.78 is 1.92. The molecule has 5 heteroatoms. The third-order valence-corrected chi connectivity index (χ3v) is 6.48. The van der Waals surface area contributed by atoms with Gasteiger partial charge >= 0.3 is 0 Å². The van der Waals surface area contributed by atoms with Crippen molar-refractivity contribution in [1.82, 2.24) is 15.0 Å². The Hall–Kier alpha value is -2.17. The molecule has 0 saturated heterocycles. The van der Waals surface area contributed by atoms with E-state index >= 15 is 0 Å². The molecule has 4 aliphatic rings. The van der Waals surface area contributed by atoms with Gasteiger partial charge in [0.1, 0.15) is 0 Å². The Labute approximate surface area is 140 Å². The van der Waals surface area contributed by atoms with Crippen LogP contribution in [0.2, 0.25) is 0 Å². The smallest absolute Gasteiger partial charge is 0.0735 e. The van der Waals surface area contributed by atoms with E-state index in [1.54, 1.807) is 24.3 Å². The van der Waals surface area contributed by atoms with Crippen LogP contribution in [0.1, 0.15) is 54.6 Å². The van der Waals surface area contributed by atoms with E-state index in [2.05, 4.69) is 10.3 Å². The molecule has 4 bridgehead atoms. The topological polar surface area (TPSA) is 70.8 Å². The van der Waals surface area contributed by atoms with Crippen LogP contribution in [0.15, 0.2) is 30.5 Å². The van der Waals surface area contributed by atoms with Crippen LogP contribution < -0.4 is 5.11 Å². The first-order valence-electron chi connectivity index (χ1n) is 8.86. The molecule has 0 spiro atoms. The Morgan fingerprint density at radius 3 is 2.17 bits per heavy atom. The predicted octanol–water partition coefficient (Wildman–Crippen LogP) is 2.10. The molecule has 5 nitrogen and oxygen atoms in total. The van der Waals surface area contributed by atoms with Crippen LogP contribution in [-0.2, 0) is 5.41 Å². The number of carboxylic acid groups (broad SMARTS) is 1. The molecule has 4 aliphatic carbocycles. The van der Waals surface area contributed by atoms with Gasteiger partial charge in [0.05, 0.1) is 23.5 Å². The molecule has 0 N–H and O–H groups in total. The van der Waals surface area contributed by atoms with Gasteiger partial charge < -0.3 is 9.90 Å². The van der Waals surface area contributed by atoms with E-state index in [9.17, 15) is 9.90 Å². The molecule has 1 aromatic carbocycles. The number of carbonyl (C=O) groups is 1. The van der Waals surface area contributed by atoms with Crippen molar-refractivity contribution in [3.8, 4) is 5.69 Å². The van der Waals surface area contributed by atoms with Crippen LogP contribution in [-0.4, -0.2) is 21.0 Å². The maximum Gasteiger partial charge on any atom is 0.0735 e. The van der Waals surface area contributed by atoms with Gasteiger partial charge in [0.15, 0.2) is 0 Å². The van der Waals surface area contributed by atoms with Gasteiger partial charge in [-0.3, -0.25) is 0 Å². The highest BCUT2D eigenvalue weighted by Crippen LogP contribution is 2.60. The third kappa shape index (κ3) is 2.03. The molecule has 0 amide bonds. The summed E-state index contributed by atoms with van der Waals surface area (Å²) in [5.41, 5.74) is 2.49. The van der Waals surface area contributed by atoms with Crippen molar-refractivity contribution in [2.24, 2.45) is 17.8 Å². The molecule has 0 unspecified atom stereocenters. The molecule has 124 valence electrons. The van der Waals surface area contributed by atoms with Gasteiger partial charge in [0.25, 0.3) is 0 Å². The summed E-state index contributed by atoms with van der Waals surface area (Å²) in [6, 6.07) is 6.75. The maximum absolute atomic E-state index is 10.9. The van der Waals surface area contributed by atoms with Gasteiger partial charge in [0.2, 0.25) is 0 Å². The highest BCUT2D eigenvalue weighted by Gasteiger charge is 2.53. The summed E-state index contributed by atoms with van der Waals surface area (Å²) in [5, 5.41) is 19.5. The van der Waals surface area contributed by atoms with E-state index < -0.39 is 5.97 Å². The summed E-state index contributed by atoms with van der Waals surface area (Å²) >= 11 is 0. The fraction of sp³-hybridized carbons (Fsp3) is 0.526. The van der Waals surface area contributed by atoms with Crippen molar-refractivity contribution in [1.29, 1.82) is 0 Å². The second-order valence-corrected chi connectivity index (χ2v) is 8.06. The average molecular weight is 322 g/mol. The minimum absolute atomic E-state index is 0.190. The first-order chi connectivity index (χ1) is 11.6. The Bertz CT molecular complexity index is 758. The summed E-state index contributed by atoms with van der Waals surface area (Å²) in [5.74, 6) is 1.43. The van der Waals surface area contributed by atoms with E-state index in [-0.39, 0.29) is 11.0 Å². The number of nitrogens with zero attached hydrogens (tertiary/aromatic N) is 3. The number of carboxylic acids is 1. The lowest BCUT2D eigenvalue weighted by molar-refractivity contribution is -0.255. The first-order valence-corrected chi connectivity index (χ1v) is 8.86. The van der Waals surface area contributed by atoms with Crippen LogP contribution in [0.5, 0.6) is 0 Å². The quantitative estimate of drug-likeness (QED) is 0.867. The highest BCUT2D eigenvalue weighted by molar-refractivity contribution is 5.85. The highest BCUT2D eigenvalue weighted by atomic mass is 16.4. The van der Waals surface area contributed by atoms with Crippen molar-refractivity contribution >= 4 is 5.97 Å². The Morgan fingerprint density at radius 2 is 1.62 bits per heavy atom. The number of aromatic carboxylic acids is 1. The maximum atomic E-state index is 10.9. The largest absolute Gasteiger partial charge is 0.545 e. The van der Waals surface area contributed by atoms with E-state index in [0.29, 0.717) is 0 Å². The molecule has 1 aromatic heterocycles. The normalized spacial score (nSPS) is 33.8. The van der Waals surface area contributed by atoms with Crippen molar-refractivity contribution in [3.05, 3.63) is 41.7 Å². The molecular formula is C19H20N3O2-. The number of aromatic nitrogens is 3. The lowest BCUT2D eigenvalue weighted by Crippen LogP contribution is -2.49. The third-order valence-electron chi connectivity index (χ3n) is 6.48. The Kier molecular flexibility index (Phi) is 2.91. The second kappa shape index (κ2) is 4.91. The zero-order valence-electron chi connectivity index (χ0n) is 13.5. The monoisotopic (exact) mass is 322 g/mol. The van der Waals surface area contributed by atoms with Crippen LogP contribution in [0.25, 0.3) is 5.69 Å². The number of carbonyl (C=O) groups excluding carboxylic acids is 1. The molecule has 0 atom stereocenters. The minimum Gasteiger partial charge on any atom is -0.545 e. The van der Waals surface area contributed by atoms with Crippen LogP contribution >= 0.6 is 0 Å². The Balaban J connectivity index is 1.55. The van der Waals surface area contributed by atoms with E-state index in [1.807, 2.05) is 10.9 Å². The summed E-state index contributed by atoms with van der Waals surface area (Å²) in [6.45, 7) is 0. The van der Waals surface area contributed by atoms with Gasteiger partial charge in [0, 0.05) is 5.41 Å². The molecule has 4 fully saturated rings. The van der Waals surface area contributed by atoms with E-state index in [1.165, 1.54) is 44.2 Å². The number of benzene rings is 1. The summed E-state index contributed by atoms with van der Waals surface area (Å²) in [6.07, 6.45) is 9.90. The molecule has 2 aromatic rings. The predicted molar refractivity (Wildman–Crippen MR) is 85.5 cm³/mol. The van der Waals surface area contributed by atoms with Crippen molar-refractivity contribution < 1.29 is 9.90 Å². The lowest BCUT2D eigenvalue weighted by Gasteiger charge is -2.56. The van der Waals surface area contributed by atoms with E-state index in [4.69, 9.17) is 0 Å². The molecule has 1 heterocycles. The fourth-order valence-corrected chi connectivity index (χ4v) is 5.95.